The van der Waals surface area contributed by atoms with E-state index in [-0.39, 0.29) is 18.8 Å². The molecular formula is C22H19FN2O3. The van der Waals surface area contributed by atoms with Crippen molar-refractivity contribution in [3.05, 3.63) is 101 Å². The summed E-state index contributed by atoms with van der Waals surface area (Å²) in [5, 5.41) is 0. The zero-order chi connectivity index (χ0) is 19.8. The van der Waals surface area contributed by atoms with Gasteiger partial charge in [-0.2, -0.15) is 0 Å². The first-order chi connectivity index (χ1) is 13.6. The number of nitrogens with one attached hydrogen (secondary N) is 2. The van der Waals surface area contributed by atoms with Gasteiger partial charge in [0.1, 0.15) is 18.2 Å². The Morgan fingerprint density at radius 2 is 1.50 bits per heavy atom. The maximum Gasteiger partial charge on any atom is 0.270 e. The summed E-state index contributed by atoms with van der Waals surface area (Å²) in [6.07, 6.45) is 0.0271. The quantitative estimate of drug-likeness (QED) is 0.646. The van der Waals surface area contributed by atoms with Crippen molar-refractivity contribution in [2.75, 3.05) is 0 Å². The Hall–Kier alpha value is -3.67. The second-order valence-electron chi connectivity index (χ2n) is 6.06. The zero-order valence-electron chi connectivity index (χ0n) is 15.0. The maximum absolute atomic E-state index is 12.9. The van der Waals surface area contributed by atoms with Crippen LogP contribution >= 0.6 is 0 Å². The number of halogens is 1. The summed E-state index contributed by atoms with van der Waals surface area (Å²) in [5.41, 5.74) is 6.51. The Morgan fingerprint density at radius 1 is 0.821 bits per heavy atom. The molecule has 28 heavy (non-hydrogen) atoms. The van der Waals surface area contributed by atoms with E-state index in [9.17, 15) is 14.0 Å². The summed E-state index contributed by atoms with van der Waals surface area (Å²) >= 11 is 0. The molecule has 0 aliphatic heterocycles. The Bertz CT molecular complexity index is 944. The first-order valence-corrected chi connectivity index (χ1v) is 8.71. The van der Waals surface area contributed by atoms with Crippen LogP contribution in [0, 0.1) is 5.82 Å². The van der Waals surface area contributed by atoms with Crippen molar-refractivity contribution in [2.45, 2.75) is 13.0 Å². The van der Waals surface area contributed by atoms with Gasteiger partial charge in [0.15, 0.2) is 0 Å². The van der Waals surface area contributed by atoms with E-state index in [1.165, 1.54) is 24.3 Å². The van der Waals surface area contributed by atoms with E-state index in [0.717, 1.165) is 0 Å². The van der Waals surface area contributed by atoms with Gasteiger partial charge in [-0.3, -0.25) is 20.4 Å². The fourth-order valence-electron chi connectivity index (χ4n) is 2.57. The fraction of sp³-hybridized carbons (Fsp3) is 0.0909. The molecule has 0 fully saturated rings. The molecule has 0 saturated heterocycles. The normalized spacial score (nSPS) is 10.2. The lowest BCUT2D eigenvalue weighted by atomic mass is 10.1. The minimum atomic E-state index is -0.445. The molecule has 0 radical (unpaired) electrons. The summed E-state index contributed by atoms with van der Waals surface area (Å²) < 4.78 is 18.6. The van der Waals surface area contributed by atoms with Crippen LogP contribution in [-0.4, -0.2) is 11.8 Å². The van der Waals surface area contributed by atoms with Crippen molar-refractivity contribution in [1.29, 1.82) is 0 Å². The van der Waals surface area contributed by atoms with Crippen LogP contribution in [0.1, 0.15) is 21.5 Å². The lowest BCUT2D eigenvalue weighted by Gasteiger charge is -2.12. The Balaban J connectivity index is 1.56. The highest BCUT2D eigenvalue weighted by molar-refractivity contribution is 5.96. The predicted molar refractivity (Wildman–Crippen MR) is 103 cm³/mol. The lowest BCUT2D eigenvalue weighted by Crippen LogP contribution is -2.42. The topological polar surface area (TPSA) is 67.4 Å². The number of ether oxygens (including phenoxy) is 1. The van der Waals surface area contributed by atoms with Crippen molar-refractivity contribution >= 4 is 11.8 Å². The van der Waals surface area contributed by atoms with Gasteiger partial charge in [0.2, 0.25) is 5.91 Å². The first kappa shape index (κ1) is 19.1. The second kappa shape index (κ2) is 9.32. The van der Waals surface area contributed by atoms with Gasteiger partial charge < -0.3 is 4.74 Å². The molecule has 0 unspecified atom stereocenters. The molecular weight excluding hydrogens is 359 g/mol. The minimum Gasteiger partial charge on any atom is -0.489 e. The molecule has 0 bridgehead atoms. The average Bonchev–Trinajstić information content (AvgIpc) is 2.73. The van der Waals surface area contributed by atoms with Crippen LogP contribution < -0.4 is 15.6 Å². The minimum absolute atomic E-state index is 0.0271. The van der Waals surface area contributed by atoms with Gasteiger partial charge in [-0.05, 0) is 35.9 Å². The van der Waals surface area contributed by atoms with Crippen molar-refractivity contribution in [1.82, 2.24) is 10.9 Å². The molecule has 6 heteroatoms. The van der Waals surface area contributed by atoms with Crippen LogP contribution in [-0.2, 0) is 17.8 Å². The number of hydrogen-bond donors (Lipinski definition) is 2. The first-order valence-electron chi connectivity index (χ1n) is 8.71. The molecule has 2 N–H and O–H groups in total. The monoisotopic (exact) mass is 378 g/mol. The molecule has 0 saturated carbocycles. The number of amides is 2. The van der Waals surface area contributed by atoms with Gasteiger partial charge in [0.25, 0.3) is 5.91 Å². The molecule has 3 aromatic rings. The fourth-order valence-corrected chi connectivity index (χ4v) is 2.57. The third-order valence-corrected chi connectivity index (χ3v) is 3.99. The number of carbonyl (C=O) groups excluding carboxylic acids is 2. The van der Waals surface area contributed by atoms with Crippen molar-refractivity contribution < 1.29 is 18.7 Å². The smallest absolute Gasteiger partial charge is 0.270 e. The molecule has 0 heterocycles. The van der Waals surface area contributed by atoms with E-state index in [1.807, 2.05) is 36.4 Å². The lowest BCUT2D eigenvalue weighted by molar-refractivity contribution is -0.121. The predicted octanol–water partition coefficient (Wildman–Crippen LogP) is 3.41. The summed E-state index contributed by atoms with van der Waals surface area (Å²) in [6.45, 7) is 0.219. The molecule has 0 aromatic heterocycles. The Labute approximate surface area is 162 Å². The molecule has 0 aliphatic rings. The number of benzene rings is 3. The molecule has 0 spiro atoms. The van der Waals surface area contributed by atoms with Gasteiger partial charge >= 0.3 is 0 Å². The molecule has 0 aliphatic carbocycles. The van der Waals surface area contributed by atoms with Crippen molar-refractivity contribution in [3.63, 3.8) is 0 Å². The van der Waals surface area contributed by atoms with Crippen LogP contribution in [0.15, 0.2) is 78.9 Å². The van der Waals surface area contributed by atoms with Crippen molar-refractivity contribution in [3.8, 4) is 5.75 Å². The average molecular weight is 378 g/mol. The van der Waals surface area contributed by atoms with E-state index in [4.69, 9.17) is 4.74 Å². The third kappa shape index (κ3) is 5.41. The van der Waals surface area contributed by atoms with Crippen LogP contribution in [0.5, 0.6) is 5.75 Å². The highest BCUT2D eigenvalue weighted by Gasteiger charge is 2.12. The van der Waals surface area contributed by atoms with Crippen LogP contribution in [0.4, 0.5) is 4.39 Å². The van der Waals surface area contributed by atoms with E-state index in [0.29, 0.717) is 22.4 Å². The maximum atomic E-state index is 12.9. The van der Waals surface area contributed by atoms with Gasteiger partial charge in [0.05, 0.1) is 6.42 Å². The van der Waals surface area contributed by atoms with E-state index >= 15 is 0 Å². The van der Waals surface area contributed by atoms with E-state index < -0.39 is 11.8 Å². The highest BCUT2D eigenvalue weighted by atomic mass is 19.1. The zero-order valence-corrected chi connectivity index (χ0v) is 15.0. The molecule has 0 atom stereocenters. The van der Waals surface area contributed by atoms with Crippen molar-refractivity contribution in [2.24, 2.45) is 0 Å². The molecule has 142 valence electrons. The summed E-state index contributed by atoms with van der Waals surface area (Å²) in [6, 6.07) is 21.9. The SMILES string of the molecule is O=C(Cc1ccc(F)cc1)NNC(=O)c1ccccc1COc1ccccc1. The number of para-hydroxylation sites is 1. The summed E-state index contributed by atoms with van der Waals surface area (Å²) in [7, 11) is 0. The standard InChI is InChI=1S/C22H19FN2O3/c23-18-12-10-16(11-13-18)14-21(26)24-25-22(27)20-9-5-4-6-17(20)15-28-19-7-2-1-3-8-19/h1-13H,14-15H2,(H,24,26)(H,25,27). The second-order valence-corrected chi connectivity index (χ2v) is 6.06. The van der Waals surface area contributed by atoms with E-state index in [1.54, 1.807) is 18.2 Å². The molecule has 3 rings (SSSR count). The molecule has 3 aromatic carbocycles. The number of rotatable bonds is 6. The number of hydrazine groups is 1. The molecule has 2 amide bonds. The summed E-state index contributed by atoms with van der Waals surface area (Å²) in [5.74, 6) is -0.519. The van der Waals surface area contributed by atoms with Crippen LogP contribution in [0.2, 0.25) is 0 Å². The Morgan fingerprint density at radius 3 is 2.25 bits per heavy atom. The van der Waals surface area contributed by atoms with Gasteiger partial charge in [-0.15, -0.1) is 0 Å². The Kier molecular flexibility index (Phi) is 6.36. The number of hydrogen-bond acceptors (Lipinski definition) is 3. The third-order valence-electron chi connectivity index (χ3n) is 3.99. The molecule has 5 nitrogen and oxygen atoms in total. The number of carbonyl (C=O) groups is 2. The van der Waals surface area contributed by atoms with Gasteiger partial charge in [-0.25, -0.2) is 4.39 Å². The van der Waals surface area contributed by atoms with Gasteiger partial charge in [0, 0.05) is 11.1 Å². The largest absolute Gasteiger partial charge is 0.489 e. The van der Waals surface area contributed by atoms with E-state index in [2.05, 4.69) is 10.9 Å². The summed E-state index contributed by atoms with van der Waals surface area (Å²) in [4.78, 5) is 24.4. The van der Waals surface area contributed by atoms with Crippen LogP contribution in [0.3, 0.4) is 0 Å². The van der Waals surface area contributed by atoms with Gasteiger partial charge in [-0.1, -0.05) is 48.5 Å². The van der Waals surface area contributed by atoms with Crippen LogP contribution in [0.25, 0.3) is 0 Å². The highest BCUT2D eigenvalue weighted by Crippen LogP contribution is 2.14.